The minimum absolute atomic E-state index is 0.199. The second-order valence-corrected chi connectivity index (χ2v) is 7.18. The van der Waals surface area contributed by atoms with Gasteiger partial charge in [-0.25, -0.2) is 5.43 Å². The van der Waals surface area contributed by atoms with Crippen LogP contribution in [-0.4, -0.2) is 17.1 Å². The van der Waals surface area contributed by atoms with Crippen LogP contribution in [0.5, 0.6) is 0 Å². The van der Waals surface area contributed by atoms with Crippen LogP contribution < -0.4 is 5.43 Å². The first-order valence-electron chi connectivity index (χ1n) is 7.40. The van der Waals surface area contributed by atoms with Crippen LogP contribution in [0.1, 0.15) is 16.1 Å². The first kappa shape index (κ1) is 16.1. The molecule has 2 heterocycles. The molecule has 25 heavy (non-hydrogen) atoms. The van der Waals surface area contributed by atoms with E-state index in [1.54, 1.807) is 12.3 Å². The highest BCUT2D eigenvalue weighted by Crippen LogP contribution is 2.30. The van der Waals surface area contributed by atoms with Crippen molar-refractivity contribution in [3.8, 4) is 0 Å². The van der Waals surface area contributed by atoms with Gasteiger partial charge in [-0.1, -0.05) is 34.1 Å². The first-order chi connectivity index (χ1) is 12.1. The van der Waals surface area contributed by atoms with E-state index in [2.05, 4.69) is 47.4 Å². The maximum Gasteiger partial charge on any atom is 0.307 e. The summed E-state index contributed by atoms with van der Waals surface area (Å²) in [5.41, 5.74) is 5.02. The third kappa shape index (κ3) is 3.12. The Balaban J connectivity index is 1.55. The lowest BCUT2D eigenvalue weighted by Gasteiger charge is -1.95. The van der Waals surface area contributed by atoms with E-state index in [9.17, 15) is 4.79 Å². The van der Waals surface area contributed by atoms with E-state index < -0.39 is 5.91 Å². The Kier molecular flexibility index (Phi) is 4.19. The van der Waals surface area contributed by atoms with Gasteiger partial charge in [-0.15, -0.1) is 0 Å². The van der Waals surface area contributed by atoms with Gasteiger partial charge in [0, 0.05) is 32.5 Å². The number of para-hydroxylation sites is 1. The van der Waals surface area contributed by atoms with Gasteiger partial charge in [-0.05, 0) is 40.2 Å². The Morgan fingerprint density at radius 3 is 2.92 bits per heavy atom. The molecular formula is C18H11Br2N3O2. The lowest BCUT2D eigenvalue weighted by Crippen LogP contribution is -2.16. The molecule has 2 N–H and O–H groups in total. The molecule has 0 fully saturated rings. The lowest BCUT2D eigenvalue weighted by molar-refractivity contribution is 0.0929. The molecular weight excluding hydrogens is 450 g/mol. The number of rotatable bonds is 3. The van der Waals surface area contributed by atoms with E-state index in [1.165, 1.54) is 0 Å². The highest BCUT2D eigenvalue weighted by atomic mass is 79.9. The van der Waals surface area contributed by atoms with E-state index in [-0.39, 0.29) is 5.76 Å². The van der Waals surface area contributed by atoms with Crippen LogP contribution in [0.3, 0.4) is 0 Å². The maximum absolute atomic E-state index is 12.2. The molecule has 0 atom stereocenters. The van der Waals surface area contributed by atoms with Crippen molar-refractivity contribution in [1.29, 1.82) is 0 Å². The van der Waals surface area contributed by atoms with Crippen molar-refractivity contribution in [2.24, 2.45) is 5.10 Å². The van der Waals surface area contributed by atoms with E-state index in [4.69, 9.17) is 4.42 Å². The van der Waals surface area contributed by atoms with Gasteiger partial charge in [-0.2, -0.15) is 5.10 Å². The minimum atomic E-state index is -0.407. The van der Waals surface area contributed by atoms with Crippen molar-refractivity contribution in [2.75, 3.05) is 0 Å². The number of benzene rings is 2. The minimum Gasteiger partial charge on any atom is -0.450 e. The quantitative estimate of drug-likeness (QED) is 0.325. The zero-order chi connectivity index (χ0) is 17.4. The van der Waals surface area contributed by atoms with Gasteiger partial charge in [0.05, 0.1) is 10.7 Å². The fourth-order valence-electron chi connectivity index (χ4n) is 2.60. The number of halogens is 2. The number of aromatic amines is 1. The average Bonchev–Trinajstić information content (AvgIpc) is 3.19. The van der Waals surface area contributed by atoms with Crippen LogP contribution in [0.2, 0.25) is 0 Å². The smallest absolute Gasteiger partial charge is 0.307 e. The van der Waals surface area contributed by atoms with Crippen LogP contribution in [0.15, 0.2) is 67.1 Å². The number of H-pyrrole nitrogens is 1. The Hall–Kier alpha value is -2.38. The number of carbonyl (C=O) groups is 1. The number of fused-ring (bicyclic) bond motifs is 2. The van der Waals surface area contributed by atoms with Gasteiger partial charge in [0.2, 0.25) is 0 Å². The predicted molar refractivity (Wildman–Crippen MR) is 105 cm³/mol. The molecule has 4 rings (SSSR count). The number of furan rings is 1. The van der Waals surface area contributed by atoms with Crippen molar-refractivity contribution >= 4 is 65.9 Å². The van der Waals surface area contributed by atoms with E-state index in [0.29, 0.717) is 5.58 Å². The van der Waals surface area contributed by atoms with Crippen LogP contribution in [0.25, 0.3) is 21.9 Å². The number of hydrogen-bond donors (Lipinski definition) is 2. The third-order valence-electron chi connectivity index (χ3n) is 3.75. The van der Waals surface area contributed by atoms with Gasteiger partial charge in [0.1, 0.15) is 5.58 Å². The average molecular weight is 461 g/mol. The van der Waals surface area contributed by atoms with Crippen LogP contribution in [0, 0.1) is 0 Å². The molecule has 5 nitrogen and oxygen atoms in total. The number of hydrazone groups is 1. The lowest BCUT2D eigenvalue weighted by atomic mass is 10.2. The summed E-state index contributed by atoms with van der Waals surface area (Å²) >= 11 is 6.84. The van der Waals surface area contributed by atoms with Crippen molar-refractivity contribution in [1.82, 2.24) is 10.4 Å². The molecule has 0 saturated carbocycles. The molecule has 0 unspecified atom stereocenters. The SMILES string of the molecule is O=C(N/N=C\c1c[nH]c2ccccc12)c1cc2cc(Br)cc(Br)c2o1. The standard InChI is InChI=1S/C18H11Br2N3O2/c19-12-5-10-6-16(25-17(10)14(20)7-12)18(24)23-22-9-11-8-21-15-4-2-1-3-13(11)15/h1-9,21H,(H,23,24)/b22-9-. The van der Waals surface area contributed by atoms with Gasteiger partial charge in [0.15, 0.2) is 5.76 Å². The van der Waals surface area contributed by atoms with Crippen LogP contribution >= 0.6 is 31.9 Å². The maximum atomic E-state index is 12.2. The molecule has 7 heteroatoms. The van der Waals surface area contributed by atoms with E-state index in [1.807, 2.05) is 42.6 Å². The molecule has 0 spiro atoms. The Labute approximate surface area is 159 Å². The molecule has 0 saturated heterocycles. The van der Waals surface area contributed by atoms with Crippen LogP contribution in [-0.2, 0) is 0 Å². The number of carbonyl (C=O) groups excluding carboxylic acids is 1. The van der Waals surface area contributed by atoms with Crippen molar-refractivity contribution in [3.05, 3.63) is 68.9 Å². The number of hydrogen-bond acceptors (Lipinski definition) is 3. The summed E-state index contributed by atoms with van der Waals surface area (Å²) in [6.45, 7) is 0. The first-order valence-corrected chi connectivity index (χ1v) is 8.98. The van der Waals surface area contributed by atoms with Gasteiger partial charge < -0.3 is 9.40 Å². The number of aromatic nitrogens is 1. The largest absolute Gasteiger partial charge is 0.450 e. The Morgan fingerprint density at radius 1 is 1.20 bits per heavy atom. The van der Waals surface area contributed by atoms with Gasteiger partial charge in [0.25, 0.3) is 0 Å². The second-order valence-electron chi connectivity index (χ2n) is 5.41. The molecule has 0 aliphatic carbocycles. The van der Waals surface area contributed by atoms with Crippen molar-refractivity contribution in [3.63, 3.8) is 0 Å². The zero-order valence-corrected chi connectivity index (χ0v) is 15.9. The van der Waals surface area contributed by atoms with Crippen molar-refractivity contribution < 1.29 is 9.21 Å². The van der Waals surface area contributed by atoms with Gasteiger partial charge >= 0.3 is 5.91 Å². The molecule has 4 aromatic rings. The van der Waals surface area contributed by atoms with E-state index >= 15 is 0 Å². The Morgan fingerprint density at radius 2 is 2.04 bits per heavy atom. The molecule has 1 amide bonds. The monoisotopic (exact) mass is 459 g/mol. The molecule has 0 bridgehead atoms. The summed E-state index contributed by atoms with van der Waals surface area (Å²) in [7, 11) is 0. The van der Waals surface area contributed by atoms with E-state index in [0.717, 1.165) is 30.8 Å². The number of amides is 1. The summed E-state index contributed by atoms with van der Waals surface area (Å²) in [5.74, 6) is -0.208. The van der Waals surface area contributed by atoms with Crippen molar-refractivity contribution in [2.45, 2.75) is 0 Å². The van der Waals surface area contributed by atoms with Crippen LogP contribution in [0.4, 0.5) is 0 Å². The molecule has 124 valence electrons. The highest BCUT2D eigenvalue weighted by molar-refractivity contribution is 9.11. The normalized spacial score (nSPS) is 11.6. The van der Waals surface area contributed by atoms with Gasteiger partial charge in [-0.3, -0.25) is 4.79 Å². The summed E-state index contributed by atoms with van der Waals surface area (Å²) < 4.78 is 7.29. The topological polar surface area (TPSA) is 70.4 Å². The predicted octanol–water partition coefficient (Wildman–Crippen LogP) is 5.20. The summed E-state index contributed by atoms with van der Waals surface area (Å²) in [6.07, 6.45) is 3.45. The number of nitrogens with one attached hydrogen (secondary N) is 2. The third-order valence-corrected chi connectivity index (χ3v) is 4.80. The summed E-state index contributed by atoms with van der Waals surface area (Å²) in [6, 6.07) is 13.3. The fourth-order valence-corrected chi connectivity index (χ4v) is 3.94. The fraction of sp³-hybridized carbons (Fsp3) is 0. The molecule has 2 aromatic heterocycles. The highest BCUT2D eigenvalue weighted by Gasteiger charge is 2.14. The second kappa shape index (κ2) is 6.50. The molecule has 0 aliphatic heterocycles. The summed E-state index contributed by atoms with van der Waals surface area (Å²) in [4.78, 5) is 15.4. The molecule has 2 aromatic carbocycles. The molecule has 0 radical (unpaired) electrons. The molecule has 0 aliphatic rings. The zero-order valence-electron chi connectivity index (χ0n) is 12.7. The Bertz CT molecular complexity index is 1130. The number of nitrogens with zero attached hydrogens (tertiary/aromatic N) is 1. The summed E-state index contributed by atoms with van der Waals surface area (Å²) in [5, 5.41) is 5.89.